The zero-order valence-electron chi connectivity index (χ0n) is 34.4. The van der Waals surface area contributed by atoms with Gasteiger partial charge in [0.25, 0.3) is 5.91 Å². The maximum Gasteiger partial charge on any atom is 0.417 e. The van der Waals surface area contributed by atoms with E-state index < -0.39 is 34.8 Å². The van der Waals surface area contributed by atoms with Crippen molar-refractivity contribution < 1.29 is 37.1 Å². The zero-order valence-corrected chi connectivity index (χ0v) is 35.2. The summed E-state index contributed by atoms with van der Waals surface area (Å²) in [6.07, 6.45) is -4.15. The molecule has 3 fully saturated rings. The predicted octanol–water partition coefficient (Wildman–Crippen LogP) is 6.25. The molecule has 60 heavy (non-hydrogen) atoms. The lowest BCUT2D eigenvalue weighted by atomic mass is 9.98. The van der Waals surface area contributed by atoms with Crippen LogP contribution in [0.5, 0.6) is 5.75 Å². The van der Waals surface area contributed by atoms with Crippen LogP contribution in [0.1, 0.15) is 77.0 Å². The van der Waals surface area contributed by atoms with Crippen molar-refractivity contribution in [1.82, 2.24) is 15.1 Å². The van der Waals surface area contributed by atoms with Crippen molar-refractivity contribution >= 4 is 63.7 Å². The van der Waals surface area contributed by atoms with E-state index in [1.54, 1.807) is 55.1 Å². The van der Waals surface area contributed by atoms with Gasteiger partial charge >= 0.3 is 6.18 Å². The largest absolute Gasteiger partial charge is 0.492 e. The van der Waals surface area contributed by atoms with Gasteiger partial charge in [-0.2, -0.15) is 18.4 Å². The van der Waals surface area contributed by atoms with Crippen molar-refractivity contribution in [2.24, 2.45) is 0 Å². The average Bonchev–Trinajstić information content (AvgIpc) is 3.35. The van der Waals surface area contributed by atoms with Gasteiger partial charge in [-0.15, -0.1) is 0 Å². The maximum atomic E-state index is 13.8. The number of ether oxygens (including phenoxy) is 1. The fraction of sp³-hybridized carbons (Fsp3) is 0.442. The number of nitriles is 1. The molecule has 0 aromatic heterocycles. The molecule has 3 aromatic rings. The number of piperazine rings is 1. The molecule has 3 aromatic carbocycles. The monoisotopic (exact) mass is 846 g/mol. The fourth-order valence-corrected chi connectivity index (χ4v) is 8.42. The molecule has 3 atom stereocenters. The van der Waals surface area contributed by atoms with Gasteiger partial charge in [-0.1, -0.05) is 19.9 Å². The third-order valence-corrected chi connectivity index (χ3v) is 11.5. The van der Waals surface area contributed by atoms with Gasteiger partial charge in [-0.3, -0.25) is 39.2 Å². The summed E-state index contributed by atoms with van der Waals surface area (Å²) >= 11 is 5.75. The molecule has 0 radical (unpaired) electrons. The Labute approximate surface area is 352 Å². The summed E-state index contributed by atoms with van der Waals surface area (Å²) in [5.74, 6) is -0.649. The number of rotatable bonds is 12. The molecule has 318 valence electrons. The number of carbonyl (C=O) groups excluding carboxylic acids is 4. The molecule has 3 aliphatic rings. The van der Waals surface area contributed by atoms with Crippen LogP contribution in [0.4, 0.5) is 35.9 Å². The third kappa shape index (κ3) is 9.41. The van der Waals surface area contributed by atoms with Crippen LogP contribution in [0.3, 0.4) is 0 Å². The summed E-state index contributed by atoms with van der Waals surface area (Å²) in [5.41, 5.74) is -0.305. The minimum Gasteiger partial charge on any atom is -0.492 e. The van der Waals surface area contributed by atoms with Crippen LogP contribution < -0.4 is 30.5 Å². The van der Waals surface area contributed by atoms with E-state index in [0.717, 1.165) is 29.1 Å². The number of alkyl halides is 3. The number of hydrogen-bond acceptors (Lipinski definition) is 10. The molecule has 0 aliphatic carbocycles. The number of hydrogen-bond donors (Lipinski definition) is 3. The van der Waals surface area contributed by atoms with Gasteiger partial charge in [-0.05, 0) is 112 Å². The highest BCUT2D eigenvalue weighted by atomic mass is 32.1. The Morgan fingerprint density at radius 2 is 1.68 bits per heavy atom. The Kier molecular flexibility index (Phi) is 12.9. The molecule has 0 bridgehead atoms. The van der Waals surface area contributed by atoms with Gasteiger partial charge in [0.15, 0.2) is 5.11 Å². The normalized spacial score (nSPS) is 21.2. The molecule has 0 saturated carbocycles. The Morgan fingerprint density at radius 1 is 1.00 bits per heavy atom. The van der Waals surface area contributed by atoms with E-state index in [4.69, 9.17) is 17.0 Å². The van der Waals surface area contributed by atoms with E-state index in [1.165, 1.54) is 6.07 Å². The van der Waals surface area contributed by atoms with Gasteiger partial charge in [0.05, 0.1) is 29.4 Å². The third-order valence-electron chi connectivity index (χ3n) is 11.2. The molecule has 13 nitrogen and oxygen atoms in total. The predicted molar refractivity (Wildman–Crippen MR) is 226 cm³/mol. The van der Waals surface area contributed by atoms with Crippen LogP contribution in [0.25, 0.3) is 0 Å². The van der Waals surface area contributed by atoms with Crippen LogP contribution >= 0.6 is 12.2 Å². The number of imide groups is 1. The van der Waals surface area contributed by atoms with Crippen LogP contribution in [-0.4, -0.2) is 95.0 Å². The highest BCUT2D eigenvalue weighted by Gasteiger charge is 2.51. The van der Waals surface area contributed by atoms with Gasteiger partial charge in [0, 0.05) is 55.2 Å². The molecule has 4 amide bonds. The van der Waals surface area contributed by atoms with Crippen molar-refractivity contribution in [2.75, 3.05) is 53.2 Å². The van der Waals surface area contributed by atoms with Gasteiger partial charge in [-0.25, -0.2) is 0 Å². The minimum atomic E-state index is -4.80. The summed E-state index contributed by atoms with van der Waals surface area (Å²) in [4.78, 5) is 57.8. The number of benzene rings is 3. The Balaban J connectivity index is 1.05. The first-order valence-corrected chi connectivity index (χ1v) is 20.2. The van der Waals surface area contributed by atoms with Crippen molar-refractivity contribution in [3.05, 3.63) is 77.4 Å². The second-order valence-electron chi connectivity index (χ2n) is 16.3. The Bertz CT molecular complexity index is 2230. The lowest BCUT2D eigenvalue weighted by Crippen LogP contribution is -2.58. The number of piperidine rings is 1. The molecule has 3 saturated heterocycles. The Morgan fingerprint density at radius 3 is 2.37 bits per heavy atom. The molecule has 3 heterocycles. The second-order valence-corrected chi connectivity index (χ2v) is 16.6. The number of nitrogens with one attached hydrogen (secondary N) is 3. The van der Waals surface area contributed by atoms with Crippen LogP contribution in [0.15, 0.2) is 60.7 Å². The van der Waals surface area contributed by atoms with E-state index in [0.29, 0.717) is 48.9 Å². The number of nitrogens with zero attached hydrogens (tertiary/aromatic N) is 5. The van der Waals surface area contributed by atoms with Crippen molar-refractivity contribution in [3.63, 3.8) is 0 Å². The Hall–Kier alpha value is -5.57. The van der Waals surface area contributed by atoms with E-state index >= 15 is 0 Å². The van der Waals surface area contributed by atoms with E-state index in [-0.39, 0.29) is 59.5 Å². The maximum absolute atomic E-state index is 13.8. The number of amides is 4. The molecule has 17 heteroatoms. The van der Waals surface area contributed by atoms with Gasteiger partial charge in [0.1, 0.15) is 23.9 Å². The lowest BCUT2D eigenvalue weighted by Gasteiger charge is -2.43. The summed E-state index contributed by atoms with van der Waals surface area (Å²) < 4.78 is 47.8. The summed E-state index contributed by atoms with van der Waals surface area (Å²) in [5, 5.41) is 17.7. The first-order valence-electron chi connectivity index (χ1n) is 19.8. The van der Waals surface area contributed by atoms with Crippen molar-refractivity contribution in [1.29, 1.82) is 5.26 Å². The number of carbonyl (C=O) groups is 4. The van der Waals surface area contributed by atoms with E-state index in [1.807, 2.05) is 26.0 Å². The summed E-state index contributed by atoms with van der Waals surface area (Å²) in [7, 11) is 0. The SMILES string of the molecule is CC(C)c1cc(N2C(=S)N(c3ccc(C#N)c(C(F)(F)F)c3)C(=O)C2(C)C)ccc1OCCN1C[C@@H](C)N(CC(=O)Nc2cccc(NC3CCC(=O)NC3=O)c2)C[C@H]1C. The average molecular weight is 847 g/mol. The number of anilines is 4. The topological polar surface area (TPSA) is 150 Å². The lowest BCUT2D eigenvalue weighted by molar-refractivity contribution is -0.138. The molecule has 3 N–H and O–H groups in total. The highest BCUT2D eigenvalue weighted by molar-refractivity contribution is 7.81. The number of halogens is 3. The first kappa shape index (κ1) is 44.0. The smallest absolute Gasteiger partial charge is 0.417 e. The van der Waals surface area contributed by atoms with Gasteiger partial charge < -0.3 is 20.3 Å². The van der Waals surface area contributed by atoms with Crippen molar-refractivity contribution in [2.45, 2.75) is 90.1 Å². The summed E-state index contributed by atoms with van der Waals surface area (Å²) in [6.45, 7) is 14.2. The quantitative estimate of drug-likeness (QED) is 0.140. The first-order chi connectivity index (χ1) is 28.3. The number of thiocarbonyl (C=S) groups is 1. The molecule has 0 spiro atoms. The summed E-state index contributed by atoms with van der Waals surface area (Å²) in [6, 6.07) is 17.0. The van der Waals surface area contributed by atoms with Crippen molar-refractivity contribution in [3.8, 4) is 11.8 Å². The molecular weight excluding hydrogens is 798 g/mol. The molecule has 3 aliphatic heterocycles. The highest BCUT2D eigenvalue weighted by Crippen LogP contribution is 2.41. The van der Waals surface area contributed by atoms with E-state index in [2.05, 4.69) is 39.6 Å². The van der Waals surface area contributed by atoms with Crippen LogP contribution in [-0.2, 0) is 25.4 Å². The van der Waals surface area contributed by atoms with Crippen LogP contribution in [0.2, 0.25) is 0 Å². The second kappa shape index (κ2) is 17.6. The van der Waals surface area contributed by atoms with Gasteiger partial charge in [0.2, 0.25) is 17.7 Å². The fourth-order valence-electron chi connectivity index (χ4n) is 7.90. The van der Waals surface area contributed by atoms with E-state index in [9.17, 15) is 37.6 Å². The minimum absolute atomic E-state index is 0.0108. The zero-order chi connectivity index (χ0) is 43.7. The molecule has 1 unspecified atom stereocenters. The molecule has 6 rings (SSSR count). The standard InChI is InChI=1S/C43H49F3N8O5S/c1-25(2)33-19-32(54-41(60)53(40(58)42(54,5)6)31-11-10-28(21-47)34(20-31)43(44,45)46)12-14-36(33)59-17-16-51-22-27(4)52(23-26(51)3)24-38(56)49-30-9-7-8-29(18-30)48-35-13-15-37(55)50-39(35)57/h7-12,14,18-20,25-27,35,48H,13,15-17,22-24H2,1-6H3,(H,49,56)(H,50,55,57)/t26-,27-,35?/m1/s1. The van der Waals surface area contributed by atoms with Crippen LogP contribution in [0, 0.1) is 11.3 Å². The molecular formula is C43H49F3N8O5S.